The van der Waals surface area contributed by atoms with E-state index in [1.165, 1.54) is 16.8 Å². The molecule has 0 spiro atoms. The Morgan fingerprint density at radius 2 is 2.07 bits per heavy atom. The molecule has 1 heterocycles. The lowest BCUT2D eigenvalue weighted by Crippen LogP contribution is -2.32. The minimum Gasteiger partial charge on any atom is -0.382 e. The molecule has 15 heavy (non-hydrogen) atoms. The molecule has 0 aromatic carbocycles. The minimum absolute atomic E-state index is 0.101. The highest BCUT2D eigenvalue weighted by molar-refractivity contribution is 5.23. The van der Waals surface area contributed by atoms with Gasteiger partial charge in [0, 0.05) is 12.6 Å². The van der Waals surface area contributed by atoms with Gasteiger partial charge >= 0.3 is 0 Å². The normalized spacial score (nSPS) is 10.9. The lowest BCUT2D eigenvalue weighted by molar-refractivity contribution is 0.283. The van der Waals surface area contributed by atoms with Crippen LogP contribution in [-0.4, -0.2) is 34.3 Å². The number of aromatic nitrogens is 2. The van der Waals surface area contributed by atoms with Crippen molar-refractivity contribution in [2.24, 2.45) is 0 Å². The van der Waals surface area contributed by atoms with E-state index in [-0.39, 0.29) is 5.56 Å². The van der Waals surface area contributed by atoms with Crippen molar-refractivity contribution < 1.29 is 0 Å². The summed E-state index contributed by atoms with van der Waals surface area (Å²) in [5.41, 5.74) is 5.41. The molecule has 0 bridgehead atoms. The summed E-state index contributed by atoms with van der Waals surface area (Å²) in [5, 5.41) is 3.97. The van der Waals surface area contributed by atoms with Gasteiger partial charge in [0.15, 0.2) is 0 Å². The molecular formula is C10H18N4O. The van der Waals surface area contributed by atoms with Crippen molar-refractivity contribution in [1.29, 1.82) is 0 Å². The molecule has 1 aromatic rings. The van der Waals surface area contributed by atoms with Crippen LogP contribution in [-0.2, 0) is 6.54 Å². The van der Waals surface area contributed by atoms with Crippen LogP contribution >= 0.6 is 0 Å². The van der Waals surface area contributed by atoms with Gasteiger partial charge in [0.1, 0.15) is 5.82 Å². The number of nitrogen functional groups attached to an aromatic ring is 1. The van der Waals surface area contributed by atoms with Crippen LogP contribution in [0.1, 0.15) is 13.8 Å². The van der Waals surface area contributed by atoms with Crippen molar-refractivity contribution in [3.05, 3.63) is 22.5 Å². The number of anilines is 1. The molecule has 2 N–H and O–H groups in total. The number of nitrogens with two attached hydrogens (primary N) is 1. The zero-order chi connectivity index (χ0) is 11.3. The van der Waals surface area contributed by atoms with E-state index in [9.17, 15) is 4.79 Å². The first-order chi connectivity index (χ1) is 7.17. The second-order valence-electron chi connectivity index (χ2n) is 3.35. The van der Waals surface area contributed by atoms with Crippen LogP contribution in [0.4, 0.5) is 5.82 Å². The second-order valence-corrected chi connectivity index (χ2v) is 3.35. The van der Waals surface area contributed by atoms with Gasteiger partial charge in [0.05, 0.1) is 6.54 Å². The van der Waals surface area contributed by atoms with Gasteiger partial charge in [-0.2, -0.15) is 5.10 Å². The average Bonchev–Trinajstić information content (AvgIpc) is 2.24. The monoisotopic (exact) mass is 210 g/mol. The Labute approximate surface area is 89.5 Å². The topological polar surface area (TPSA) is 64.2 Å². The maximum Gasteiger partial charge on any atom is 0.266 e. The summed E-state index contributed by atoms with van der Waals surface area (Å²) in [6, 6.07) is 2.97. The first-order valence-electron chi connectivity index (χ1n) is 5.23. The molecule has 1 rings (SSSR count). The second kappa shape index (κ2) is 5.50. The first kappa shape index (κ1) is 11.7. The van der Waals surface area contributed by atoms with E-state index >= 15 is 0 Å². The molecule has 0 saturated carbocycles. The number of rotatable bonds is 5. The molecule has 1 aromatic heterocycles. The molecule has 5 heteroatoms. The summed E-state index contributed by atoms with van der Waals surface area (Å²) in [7, 11) is 0. The Morgan fingerprint density at radius 1 is 1.40 bits per heavy atom. The number of hydrogen-bond acceptors (Lipinski definition) is 4. The summed E-state index contributed by atoms with van der Waals surface area (Å²) in [4.78, 5) is 13.6. The molecule has 0 aliphatic rings. The van der Waals surface area contributed by atoms with E-state index in [1.54, 1.807) is 0 Å². The van der Waals surface area contributed by atoms with Crippen molar-refractivity contribution in [3.63, 3.8) is 0 Å². The molecule has 0 unspecified atom stereocenters. The molecule has 0 aliphatic heterocycles. The predicted octanol–water partition coefficient (Wildman–Crippen LogP) is 0.167. The van der Waals surface area contributed by atoms with Crippen LogP contribution in [0.2, 0.25) is 0 Å². The van der Waals surface area contributed by atoms with Gasteiger partial charge in [-0.25, -0.2) is 4.68 Å². The molecule has 0 saturated heterocycles. The summed E-state index contributed by atoms with van der Waals surface area (Å²) in [6.07, 6.45) is 0. The lowest BCUT2D eigenvalue weighted by Gasteiger charge is -2.17. The predicted molar refractivity (Wildman–Crippen MR) is 60.7 cm³/mol. The van der Waals surface area contributed by atoms with Crippen molar-refractivity contribution in [3.8, 4) is 0 Å². The maximum absolute atomic E-state index is 11.4. The fourth-order valence-electron chi connectivity index (χ4n) is 1.40. The van der Waals surface area contributed by atoms with Crippen LogP contribution in [0.3, 0.4) is 0 Å². The fraction of sp³-hybridized carbons (Fsp3) is 0.600. The summed E-state index contributed by atoms with van der Waals surface area (Å²) >= 11 is 0. The fourth-order valence-corrected chi connectivity index (χ4v) is 1.40. The van der Waals surface area contributed by atoms with Gasteiger partial charge in [-0.05, 0) is 19.2 Å². The van der Waals surface area contributed by atoms with Crippen molar-refractivity contribution in [2.75, 3.05) is 25.4 Å². The highest BCUT2D eigenvalue weighted by Gasteiger charge is 2.02. The summed E-state index contributed by atoms with van der Waals surface area (Å²) in [6.45, 7) is 7.56. The van der Waals surface area contributed by atoms with Crippen molar-refractivity contribution in [1.82, 2.24) is 14.7 Å². The maximum atomic E-state index is 11.4. The molecule has 0 fully saturated rings. The minimum atomic E-state index is -0.101. The van der Waals surface area contributed by atoms with Crippen LogP contribution < -0.4 is 11.3 Å². The quantitative estimate of drug-likeness (QED) is 0.752. The molecule has 0 atom stereocenters. The molecule has 84 valence electrons. The third-order valence-electron chi connectivity index (χ3n) is 2.41. The van der Waals surface area contributed by atoms with Crippen LogP contribution in [0.25, 0.3) is 0 Å². The van der Waals surface area contributed by atoms with Crippen LogP contribution in [0.5, 0.6) is 0 Å². The van der Waals surface area contributed by atoms with Crippen molar-refractivity contribution in [2.45, 2.75) is 20.4 Å². The number of nitrogens with zero attached hydrogens (tertiary/aromatic N) is 3. The van der Waals surface area contributed by atoms with E-state index in [0.717, 1.165) is 19.6 Å². The summed E-state index contributed by atoms with van der Waals surface area (Å²) in [5.74, 6) is 0.383. The van der Waals surface area contributed by atoms with Crippen LogP contribution in [0.15, 0.2) is 16.9 Å². The van der Waals surface area contributed by atoms with Gasteiger partial charge in [0.2, 0.25) is 0 Å². The Morgan fingerprint density at radius 3 is 2.67 bits per heavy atom. The lowest BCUT2D eigenvalue weighted by atomic mass is 10.4. The number of likely N-dealkylation sites (N-methyl/N-ethyl adjacent to an activating group) is 1. The van der Waals surface area contributed by atoms with Gasteiger partial charge in [-0.3, -0.25) is 4.79 Å². The van der Waals surface area contributed by atoms with Gasteiger partial charge in [-0.1, -0.05) is 13.8 Å². The molecular weight excluding hydrogens is 192 g/mol. The Bertz CT molecular complexity index is 357. The van der Waals surface area contributed by atoms with E-state index in [4.69, 9.17) is 5.73 Å². The SMILES string of the molecule is CCN(CC)CCn1nc(N)ccc1=O. The van der Waals surface area contributed by atoms with E-state index in [1.807, 2.05) is 0 Å². The highest BCUT2D eigenvalue weighted by atomic mass is 16.1. The van der Waals surface area contributed by atoms with Gasteiger partial charge in [-0.15, -0.1) is 0 Å². The highest BCUT2D eigenvalue weighted by Crippen LogP contribution is 1.91. The van der Waals surface area contributed by atoms with E-state index in [0.29, 0.717) is 12.4 Å². The van der Waals surface area contributed by atoms with E-state index < -0.39 is 0 Å². The largest absolute Gasteiger partial charge is 0.382 e. The zero-order valence-electron chi connectivity index (χ0n) is 9.31. The van der Waals surface area contributed by atoms with Gasteiger partial charge in [0.25, 0.3) is 5.56 Å². The average molecular weight is 210 g/mol. The molecule has 5 nitrogen and oxygen atoms in total. The van der Waals surface area contributed by atoms with E-state index in [2.05, 4.69) is 23.8 Å². The summed E-state index contributed by atoms with van der Waals surface area (Å²) < 4.78 is 1.41. The Kier molecular flexibility index (Phi) is 4.30. The van der Waals surface area contributed by atoms with Gasteiger partial charge < -0.3 is 10.6 Å². The first-order valence-corrected chi connectivity index (χ1v) is 5.23. The van der Waals surface area contributed by atoms with Crippen LogP contribution in [0, 0.1) is 0 Å². The third-order valence-corrected chi connectivity index (χ3v) is 2.41. The van der Waals surface area contributed by atoms with Crippen molar-refractivity contribution >= 4 is 5.82 Å². The molecule has 0 amide bonds. The third kappa shape index (κ3) is 3.36. The smallest absolute Gasteiger partial charge is 0.266 e. The zero-order valence-corrected chi connectivity index (χ0v) is 9.31. The molecule has 0 aliphatic carbocycles. The Hall–Kier alpha value is -1.36. The number of hydrogen-bond donors (Lipinski definition) is 1. The Balaban J connectivity index is 2.64. The molecule has 0 radical (unpaired) electrons. The standard InChI is InChI=1S/C10H18N4O/c1-3-13(4-2)7-8-14-10(15)6-5-9(11)12-14/h5-6H,3-4,7-8H2,1-2H3,(H2,11,12).